The topological polar surface area (TPSA) is 49.3 Å². The van der Waals surface area contributed by atoms with Crippen molar-refractivity contribution < 1.29 is 14.3 Å². The lowest BCUT2D eigenvalue weighted by Gasteiger charge is -2.12. The van der Waals surface area contributed by atoms with E-state index in [1.54, 1.807) is 12.1 Å². The summed E-state index contributed by atoms with van der Waals surface area (Å²) in [5.41, 5.74) is 0.874. The first kappa shape index (κ1) is 13.9. The molecular formula is C12H15ClFNO2. The molecule has 0 saturated heterocycles. The summed E-state index contributed by atoms with van der Waals surface area (Å²) < 4.78 is 12.9. The van der Waals surface area contributed by atoms with Gasteiger partial charge in [0.1, 0.15) is 5.82 Å². The van der Waals surface area contributed by atoms with Crippen molar-refractivity contribution in [2.24, 2.45) is 0 Å². The molecule has 1 aromatic carbocycles. The highest BCUT2D eigenvalue weighted by molar-refractivity contribution is 6.30. The average molecular weight is 260 g/mol. The van der Waals surface area contributed by atoms with Crippen molar-refractivity contribution in [2.75, 3.05) is 0 Å². The minimum atomic E-state index is -0.802. The Hall–Kier alpha value is -1.13. The summed E-state index contributed by atoms with van der Waals surface area (Å²) in [6.07, 6.45) is 0.697. The molecule has 1 unspecified atom stereocenters. The van der Waals surface area contributed by atoms with Gasteiger partial charge in [0.25, 0.3) is 0 Å². The Morgan fingerprint density at radius 3 is 2.88 bits per heavy atom. The Balaban J connectivity index is 2.39. The lowest BCUT2D eigenvalue weighted by Crippen LogP contribution is -2.26. The molecule has 0 bridgehead atoms. The zero-order chi connectivity index (χ0) is 12.8. The fraction of sp³-hybridized carbons (Fsp3) is 0.417. The predicted molar refractivity (Wildman–Crippen MR) is 64.6 cm³/mol. The summed E-state index contributed by atoms with van der Waals surface area (Å²) >= 11 is 5.65. The SMILES string of the molecule is CC(CCC(=O)O)NCc1ccc(F)c(Cl)c1. The lowest BCUT2D eigenvalue weighted by molar-refractivity contribution is -0.137. The van der Waals surface area contributed by atoms with Crippen LogP contribution in [-0.2, 0) is 11.3 Å². The van der Waals surface area contributed by atoms with Crippen molar-refractivity contribution >= 4 is 17.6 Å². The van der Waals surface area contributed by atoms with E-state index < -0.39 is 11.8 Å². The fourth-order valence-electron chi connectivity index (χ4n) is 1.38. The number of carboxylic acid groups (broad SMARTS) is 1. The first-order chi connectivity index (χ1) is 7.99. The van der Waals surface area contributed by atoms with Crippen molar-refractivity contribution in [3.8, 4) is 0 Å². The Morgan fingerprint density at radius 1 is 1.59 bits per heavy atom. The van der Waals surface area contributed by atoms with Crippen LogP contribution in [0.25, 0.3) is 0 Å². The second-order valence-electron chi connectivity index (χ2n) is 3.96. The third kappa shape index (κ3) is 5.15. The summed E-state index contributed by atoms with van der Waals surface area (Å²) in [6, 6.07) is 4.63. The van der Waals surface area contributed by atoms with Gasteiger partial charge >= 0.3 is 5.97 Å². The van der Waals surface area contributed by atoms with Gasteiger partial charge in [0.2, 0.25) is 0 Å². The number of benzene rings is 1. The summed E-state index contributed by atoms with van der Waals surface area (Å²) in [6.45, 7) is 2.45. The van der Waals surface area contributed by atoms with Gasteiger partial charge in [-0.1, -0.05) is 17.7 Å². The zero-order valence-corrected chi connectivity index (χ0v) is 10.3. The maximum atomic E-state index is 12.9. The normalized spacial score (nSPS) is 12.4. The summed E-state index contributed by atoms with van der Waals surface area (Å²) in [7, 11) is 0. The van der Waals surface area contributed by atoms with Gasteiger partial charge < -0.3 is 10.4 Å². The molecule has 0 heterocycles. The minimum absolute atomic E-state index is 0.0925. The van der Waals surface area contributed by atoms with Crippen molar-refractivity contribution in [1.29, 1.82) is 0 Å². The van der Waals surface area contributed by atoms with E-state index in [1.807, 2.05) is 6.92 Å². The van der Waals surface area contributed by atoms with Crippen LogP contribution in [0.5, 0.6) is 0 Å². The Morgan fingerprint density at radius 2 is 2.29 bits per heavy atom. The van der Waals surface area contributed by atoms with E-state index in [9.17, 15) is 9.18 Å². The van der Waals surface area contributed by atoms with Gasteiger partial charge in [-0.05, 0) is 31.0 Å². The molecule has 0 aromatic heterocycles. The van der Waals surface area contributed by atoms with Gasteiger partial charge in [0.05, 0.1) is 5.02 Å². The van der Waals surface area contributed by atoms with Crippen LogP contribution in [0.15, 0.2) is 18.2 Å². The second-order valence-corrected chi connectivity index (χ2v) is 4.37. The third-order valence-electron chi connectivity index (χ3n) is 2.43. The van der Waals surface area contributed by atoms with Gasteiger partial charge in [-0.3, -0.25) is 4.79 Å². The highest BCUT2D eigenvalue weighted by Gasteiger charge is 2.06. The van der Waals surface area contributed by atoms with E-state index in [0.717, 1.165) is 5.56 Å². The van der Waals surface area contributed by atoms with Gasteiger partial charge in [-0.15, -0.1) is 0 Å². The molecule has 17 heavy (non-hydrogen) atoms. The van der Waals surface area contributed by atoms with Crippen LogP contribution in [0.4, 0.5) is 4.39 Å². The molecule has 2 N–H and O–H groups in total. The lowest BCUT2D eigenvalue weighted by atomic mass is 10.1. The van der Waals surface area contributed by atoms with Crippen LogP contribution in [-0.4, -0.2) is 17.1 Å². The molecule has 0 aliphatic heterocycles. The van der Waals surface area contributed by atoms with E-state index >= 15 is 0 Å². The summed E-state index contributed by atoms with van der Waals surface area (Å²) in [5.74, 6) is -1.24. The molecular weight excluding hydrogens is 245 g/mol. The molecule has 0 aliphatic rings. The maximum Gasteiger partial charge on any atom is 0.303 e. The minimum Gasteiger partial charge on any atom is -0.481 e. The van der Waals surface area contributed by atoms with E-state index in [-0.39, 0.29) is 17.5 Å². The van der Waals surface area contributed by atoms with Crippen LogP contribution in [0.3, 0.4) is 0 Å². The molecule has 0 radical (unpaired) electrons. The molecule has 0 spiro atoms. The van der Waals surface area contributed by atoms with Crippen molar-refractivity contribution in [3.05, 3.63) is 34.6 Å². The van der Waals surface area contributed by atoms with E-state index in [4.69, 9.17) is 16.7 Å². The molecule has 0 aliphatic carbocycles. The number of rotatable bonds is 6. The fourth-order valence-corrected chi connectivity index (χ4v) is 1.59. The zero-order valence-electron chi connectivity index (χ0n) is 9.54. The first-order valence-electron chi connectivity index (χ1n) is 5.38. The van der Waals surface area contributed by atoms with E-state index in [1.165, 1.54) is 6.07 Å². The molecule has 0 amide bonds. The number of carboxylic acids is 1. The van der Waals surface area contributed by atoms with Crippen LogP contribution >= 0.6 is 11.6 Å². The van der Waals surface area contributed by atoms with Crippen molar-refractivity contribution in [1.82, 2.24) is 5.32 Å². The maximum absolute atomic E-state index is 12.9. The van der Waals surface area contributed by atoms with E-state index in [2.05, 4.69) is 5.32 Å². The monoisotopic (exact) mass is 259 g/mol. The quantitative estimate of drug-likeness (QED) is 0.826. The summed E-state index contributed by atoms with van der Waals surface area (Å²) in [4.78, 5) is 10.4. The van der Waals surface area contributed by atoms with E-state index in [0.29, 0.717) is 13.0 Å². The predicted octanol–water partition coefficient (Wildman–Crippen LogP) is 2.82. The largest absolute Gasteiger partial charge is 0.481 e. The number of halogens is 2. The molecule has 5 heteroatoms. The van der Waals surface area contributed by atoms with Crippen molar-refractivity contribution in [2.45, 2.75) is 32.4 Å². The standard InChI is InChI=1S/C12H15ClFNO2/c1-8(2-5-12(16)17)15-7-9-3-4-11(14)10(13)6-9/h3-4,6,8,15H,2,5,7H2,1H3,(H,16,17). The third-order valence-corrected chi connectivity index (χ3v) is 2.72. The first-order valence-corrected chi connectivity index (χ1v) is 5.76. The van der Waals surface area contributed by atoms with Gasteiger partial charge in [0.15, 0.2) is 0 Å². The molecule has 0 saturated carbocycles. The Kier molecular flexibility index (Phi) is 5.38. The molecule has 94 valence electrons. The molecule has 3 nitrogen and oxygen atoms in total. The highest BCUT2D eigenvalue weighted by Crippen LogP contribution is 2.16. The van der Waals surface area contributed by atoms with Crippen LogP contribution in [0.1, 0.15) is 25.3 Å². The number of nitrogens with one attached hydrogen (secondary N) is 1. The van der Waals surface area contributed by atoms with Crippen LogP contribution < -0.4 is 5.32 Å². The van der Waals surface area contributed by atoms with Crippen molar-refractivity contribution in [3.63, 3.8) is 0 Å². The number of hydrogen-bond donors (Lipinski definition) is 2. The van der Waals surface area contributed by atoms with Crippen LogP contribution in [0.2, 0.25) is 5.02 Å². The molecule has 1 rings (SSSR count). The van der Waals surface area contributed by atoms with Gasteiger partial charge in [-0.2, -0.15) is 0 Å². The number of hydrogen-bond acceptors (Lipinski definition) is 2. The second kappa shape index (κ2) is 6.57. The summed E-state index contributed by atoms with van der Waals surface area (Å²) in [5, 5.41) is 11.8. The molecule has 1 aromatic rings. The number of aliphatic carboxylic acids is 1. The van der Waals surface area contributed by atoms with Gasteiger partial charge in [-0.25, -0.2) is 4.39 Å². The Labute approximate surface area is 105 Å². The Bertz CT molecular complexity index is 398. The van der Waals surface area contributed by atoms with Crippen LogP contribution in [0, 0.1) is 5.82 Å². The highest BCUT2D eigenvalue weighted by atomic mass is 35.5. The van der Waals surface area contributed by atoms with Gasteiger partial charge in [0, 0.05) is 19.0 Å². The molecule has 0 fully saturated rings. The smallest absolute Gasteiger partial charge is 0.303 e. The number of carbonyl (C=O) groups is 1. The average Bonchev–Trinajstić information content (AvgIpc) is 2.28. The molecule has 1 atom stereocenters.